The van der Waals surface area contributed by atoms with Crippen molar-refractivity contribution in [2.75, 3.05) is 18.3 Å². The zero-order valence-corrected chi connectivity index (χ0v) is 12.6. The molecule has 0 nitrogen and oxygen atoms in total. The van der Waals surface area contributed by atoms with Crippen LogP contribution in [0, 0.1) is 0 Å². The van der Waals surface area contributed by atoms with Gasteiger partial charge >= 0.3 is 35.8 Å². The van der Waals surface area contributed by atoms with E-state index in [1.165, 1.54) is 12.5 Å². The fourth-order valence-corrected chi connectivity index (χ4v) is 1.96. The van der Waals surface area contributed by atoms with Gasteiger partial charge in [-0.15, -0.1) is 0 Å². The standard InChI is InChI=1S/C10H10F13S/c1-24(2)4-3-5(11,12)6(13,14)7(15,16)8(17,18)9(19,20)10(21,22)23/h3-4H2,1-2H3/q+1. The van der Waals surface area contributed by atoms with Crippen molar-refractivity contribution in [3.05, 3.63) is 0 Å². The quantitative estimate of drug-likeness (QED) is 0.411. The molecular weight excluding hydrogens is 399 g/mol. The van der Waals surface area contributed by atoms with Crippen LogP contribution in [0.4, 0.5) is 57.1 Å². The van der Waals surface area contributed by atoms with Gasteiger partial charge in [0.25, 0.3) is 0 Å². The van der Waals surface area contributed by atoms with Crippen LogP contribution in [0.5, 0.6) is 0 Å². The summed E-state index contributed by atoms with van der Waals surface area (Å²) in [5.74, 6) is -37.1. The molecular formula is C10H10F13S+. The Morgan fingerprint density at radius 2 is 0.875 bits per heavy atom. The minimum absolute atomic E-state index is 0.875. The van der Waals surface area contributed by atoms with Crippen molar-refractivity contribution in [1.82, 2.24) is 0 Å². The van der Waals surface area contributed by atoms with Crippen LogP contribution in [0.25, 0.3) is 0 Å². The summed E-state index contributed by atoms with van der Waals surface area (Å²) in [6, 6.07) is 0. The maximum atomic E-state index is 13.2. The van der Waals surface area contributed by atoms with Crippen LogP contribution in [-0.2, 0) is 10.9 Å². The second-order valence-corrected chi connectivity index (χ2v) is 7.32. The molecule has 24 heavy (non-hydrogen) atoms. The van der Waals surface area contributed by atoms with E-state index in [0.717, 1.165) is 0 Å². The largest absolute Gasteiger partial charge is 0.460 e. The summed E-state index contributed by atoms with van der Waals surface area (Å²) in [6.07, 6.45) is -7.10. The van der Waals surface area contributed by atoms with Crippen LogP contribution >= 0.6 is 0 Å². The van der Waals surface area contributed by atoms with Crippen LogP contribution in [0.2, 0.25) is 0 Å². The average Bonchev–Trinajstić information content (AvgIpc) is 2.34. The number of halogens is 13. The number of hydrogen-bond acceptors (Lipinski definition) is 0. The topological polar surface area (TPSA) is 0 Å². The lowest BCUT2D eigenvalue weighted by Gasteiger charge is -2.39. The Kier molecular flexibility index (Phi) is 6.16. The van der Waals surface area contributed by atoms with Crippen molar-refractivity contribution in [3.8, 4) is 0 Å². The fourth-order valence-electron chi connectivity index (χ4n) is 1.29. The molecule has 0 aliphatic rings. The summed E-state index contributed by atoms with van der Waals surface area (Å²) < 4.78 is 165. The van der Waals surface area contributed by atoms with Crippen molar-refractivity contribution in [1.29, 1.82) is 0 Å². The lowest BCUT2D eigenvalue weighted by atomic mass is 9.93. The van der Waals surface area contributed by atoms with Gasteiger partial charge in [-0.3, -0.25) is 0 Å². The molecule has 0 rings (SSSR count). The summed E-state index contributed by atoms with van der Waals surface area (Å²) in [4.78, 5) is 0. The third kappa shape index (κ3) is 3.52. The minimum Gasteiger partial charge on any atom is -0.199 e. The van der Waals surface area contributed by atoms with Gasteiger partial charge in [-0.1, -0.05) is 0 Å². The van der Waals surface area contributed by atoms with E-state index in [1.807, 2.05) is 0 Å². The van der Waals surface area contributed by atoms with Gasteiger partial charge in [0, 0.05) is 0 Å². The third-order valence-electron chi connectivity index (χ3n) is 2.82. The molecule has 0 saturated carbocycles. The SMILES string of the molecule is C[S+](C)CCC(F)(F)C(F)(F)C(F)(F)C(F)(F)C(F)(F)C(F)(F)F. The average molecular weight is 409 g/mol. The zero-order chi connectivity index (χ0) is 20.0. The van der Waals surface area contributed by atoms with Gasteiger partial charge in [-0.2, -0.15) is 57.1 Å². The smallest absolute Gasteiger partial charge is 0.199 e. The first-order valence-corrected chi connectivity index (χ1v) is 7.88. The van der Waals surface area contributed by atoms with E-state index in [0.29, 0.717) is 0 Å². The van der Waals surface area contributed by atoms with Gasteiger partial charge in [-0.05, 0) is 10.9 Å². The Morgan fingerprint density at radius 3 is 1.17 bits per heavy atom. The molecule has 0 aliphatic carbocycles. The van der Waals surface area contributed by atoms with Crippen LogP contribution in [-0.4, -0.2) is 54.1 Å². The van der Waals surface area contributed by atoms with Gasteiger partial charge in [0.15, 0.2) is 0 Å². The monoisotopic (exact) mass is 409 g/mol. The number of hydrogen-bond donors (Lipinski definition) is 0. The fraction of sp³-hybridized carbons (Fsp3) is 1.00. The Labute approximate surface area is 129 Å². The molecule has 146 valence electrons. The lowest BCUT2D eigenvalue weighted by molar-refractivity contribution is -0.439. The van der Waals surface area contributed by atoms with Crippen molar-refractivity contribution in [2.24, 2.45) is 0 Å². The second kappa shape index (κ2) is 6.31. The normalized spacial score (nSPS) is 16.0. The second-order valence-electron chi connectivity index (χ2n) is 4.94. The molecule has 0 unspecified atom stereocenters. The first kappa shape index (κ1) is 23.4. The van der Waals surface area contributed by atoms with E-state index in [4.69, 9.17) is 0 Å². The van der Waals surface area contributed by atoms with E-state index in [9.17, 15) is 57.1 Å². The van der Waals surface area contributed by atoms with Gasteiger partial charge in [0.1, 0.15) is 5.75 Å². The molecule has 0 radical (unpaired) electrons. The molecule has 0 N–H and O–H groups in total. The van der Waals surface area contributed by atoms with Gasteiger partial charge in [-0.25, -0.2) is 0 Å². The van der Waals surface area contributed by atoms with E-state index < -0.39 is 58.9 Å². The van der Waals surface area contributed by atoms with Crippen molar-refractivity contribution >= 4 is 10.9 Å². The Hall–Kier alpha value is -0.560. The highest BCUT2D eigenvalue weighted by molar-refractivity contribution is 7.95. The highest BCUT2D eigenvalue weighted by atomic mass is 32.2. The van der Waals surface area contributed by atoms with E-state index >= 15 is 0 Å². The first-order valence-electron chi connectivity index (χ1n) is 5.67. The molecule has 0 aromatic heterocycles. The van der Waals surface area contributed by atoms with Crippen molar-refractivity contribution < 1.29 is 57.1 Å². The maximum Gasteiger partial charge on any atom is 0.460 e. The minimum atomic E-state index is -7.81. The Balaban J connectivity index is 6.01. The Morgan fingerprint density at radius 1 is 0.542 bits per heavy atom. The van der Waals surface area contributed by atoms with Gasteiger partial charge < -0.3 is 0 Å². The molecule has 0 atom stereocenters. The molecule has 0 amide bonds. The highest BCUT2D eigenvalue weighted by Crippen LogP contribution is 2.60. The van der Waals surface area contributed by atoms with E-state index in [2.05, 4.69) is 0 Å². The van der Waals surface area contributed by atoms with Crippen LogP contribution < -0.4 is 0 Å². The lowest BCUT2D eigenvalue weighted by Crippen LogP contribution is -2.70. The van der Waals surface area contributed by atoms with Crippen molar-refractivity contribution in [3.63, 3.8) is 0 Å². The molecule has 0 heterocycles. The van der Waals surface area contributed by atoms with E-state index in [-0.39, 0.29) is 0 Å². The predicted molar refractivity (Wildman–Crippen MR) is 59.5 cm³/mol. The Bertz CT molecular complexity index is 437. The van der Waals surface area contributed by atoms with Gasteiger partial charge in [0.2, 0.25) is 0 Å². The molecule has 0 spiro atoms. The molecule has 0 fully saturated rings. The molecule has 0 aromatic carbocycles. The summed E-state index contributed by atoms with van der Waals surface area (Å²) in [5, 5.41) is 0. The van der Waals surface area contributed by atoms with Crippen LogP contribution in [0.3, 0.4) is 0 Å². The molecule has 0 bridgehead atoms. The molecule has 14 heteroatoms. The highest BCUT2D eigenvalue weighted by Gasteiger charge is 2.90. The summed E-state index contributed by atoms with van der Waals surface area (Å²) >= 11 is 0. The predicted octanol–water partition coefficient (Wildman–Crippen LogP) is 4.99. The number of rotatable bonds is 7. The van der Waals surface area contributed by atoms with Crippen LogP contribution in [0.1, 0.15) is 6.42 Å². The number of alkyl halides is 13. The first-order chi connectivity index (χ1) is 10.2. The summed E-state index contributed by atoms with van der Waals surface area (Å²) in [7, 11) is -1.05. The van der Waals surface area contributed by atoms with Crippen LogP contribution in [0.15, 0.2) is 0 Å². The maximum absolute atomic E-state index is 13.2. The van der Waals surface area contributed by atoms with Crippen molar-refractivity contribution in [2.45, 2.75) is 42.2 Å². The molecule has 0 aliphatic heterocycles. The third-order valence-corrected chi connectivity index (χ3v) is 3.84. The summed E-state index contributed by atoms with van der Waals surface area (Å²) in [5.41, 5.74) is 0. The van der Waals surface area contributed by atoms with Gasteiger partial charge in [0.05, 0.1) is 18.9 Å². The van der Waals surface area contributed by atoms with E-state index in [1.54, 1.807) is 0 Å². The molecule has 0 saturated heterocycles. The molecule has 0 aromatic rings. The zero-order valence-electron chi connectivity index (χ0n) is 11.7. The summed E-state index contributed by atoms with van der Waals surface area (Å²) in [6.45, 7) is 0.